The van der Waals surface area contributed by atoms with Gasteiger partial charge in [0.25, 0.3) is 0 Å². The van der Waals surface area contributed by atoms with Crippen LogP contribution in [0, 0.1) is 0 Å². The minimum atomic E-state index is -0.0981. The predicted molar refractivity (Wildman–Crippen MR) is 82.2 cm³/mol. The summed E-state index contributed by atoms with van der Waals surface area (Å²) in [5.41, 5.74) is 1.55. The first kappa shape index (κ1) is 14.9. The normalized spacial score (nSPS) is 10.3. The average Bonchev–Trinajstić information content (AvgIpc) is 2.42. The summed E-state index contributed by atoms with van der Waals surface area (Å²) in [6, 6.07) is 12.9. The number of carbonyl (C=O) groups excluding carboxylic acids is 1. The lowest BCUT2D eigenvalue weighted by Gasteiger charge is -2.09. The molecule has 5 heteroatoms. The van der Waals surface area contributed by atoms with Crippen LogP contribution in [0.5, 0.6) is 0 Å². The van der Waals surface area contributed by atoms with Gasteiger partial charge in [0.2, 0.25) is 5.91 Å². The summed E-state index contributed by atoms with van der Waals surface area (Å²) in [5.74, 6) is -0.0981. The zero-order chi connectivity index (χ0) is 14.5. The third kappa shape index (κ3) is 3.76. The third-order valence-electron chi connectivity index (χ3n) is 2.61. The van der Waals surface area contributed by atoms with Crippen molar-refractivity contribution in [3.8, 4) is 0 Å². The van der Waals surface area contributed by atoms with E-state index in [2.05, 4.69) is 5.32 Å². The highest BCUT2D eigenvalue weighted by Gasteiger charge is 2.08. The van der Waals surface area contributed by atoms with Gasteiger partial charge in [0, 0.05) is 22.4 Å². The molecule has 0 aliphatic heterocycles. The Morgan fingerprint density at radius 3 is 2.55 bits per heavy atom. The molecular formula is C15H14ClNO2S. The van der Waals surface area contributed by atoms with Gasteiger partial charge in [-0.25, -0.2) is 0 Å². The molecule has 0 bridgehead atoms. The molecular weight excluding hydrogens is 294 g/mol. The highest BCUT2D eigenvalue weighted by molar-refractivity contribution is 7.99. The number of amides is 1. The molecule has 0 saturated heterocycles. The van der Waals surface area contributed by atoms with E-state index in [1.54, 1.807) is 6.07 Å². The van der Waals surface area contributed by atoms with Crippen LogP contribution >= 0.6 is 23.4 Å². The van der Waals surface area contributed by atoms with Gasteiger partial charge < -0.3 is 10.4 Å². The molecule has 0 aliphatic carbocycles. The van der Waals surface area contributed by atoms with E-state index in [0.717, 1.165) is 21.0 Å². The number of halogens is 1. The molecule has 1 amide bonds. The number of anilines is 1. The highest BCUT2D eigenvalue weighted by atomic mass is 35.5. The van der Waals surface area contributed by atoms with Gasteiger partial charge in [0.1, 0.15) is 0 Å². The van der Waals surface area contributed by atoms with E-state index < -0.39 is 0 Å². The Morgan fingerprint density at radius 2 is 1.95 bits per heavy atom. The van der Waals surface area contributed by atoms with Crippen molar-refractivity contribution in [3.05, 3.63) is 53.1 Å². The van der Waals surface area contributed by atoms with Gasteiger partial charge in [0.05, 0.1) is 11.6 Å². The molecule has 0 saturated carbocycles. The molecule has 0 aliphatic rings. The first-order chi connectivity index (χ1) is 9.60. The third-order valence-corrected chi connectivity index (χ3v) is 4.23. The SMILES string of the molecule is CC(=O)Nc1ccc(Sc2c(Cl)cccc2CO)cc1. The Labute approximate surface area is 127 Å². The minimum absolute atomic E-state index is 0.0487. The van der Waals surface area contributed by atoms with Crippen LogP contribution < -0.4 is 5.32 Å². The summed E-state index contributed by atoms with van der Waals surface area (Å²) in [5, 5.41) is 12.7. The summed E-state index contributed by atoms with van der Waals surface area (Å²) in [6.07, 6.45) is 0. The average molecular weight is 308 g/mol. The second-order valence-electron chi connectivity index (χ2n) is 4.19. The first-order valence-electron chi connectivity index (χ1n) is 6.04. The molecule has 104 valence electrons. The fourth-order valence-corrected chi connectivity index (χ4v) is 2.97. The maximum atomic E-state index is 11.0. The van der Waals surface area contributed by atoms with Gasteiger partial charge in [-0.15, -0.1) is 0 Å². The molecule has 2 rings (SSSR count). The van der Waals surface area contributed by atoms with E-state index in [0.29, 0.717) is 5.02 Å². The van der Waals surface area contributed by atoms with Crippen LogP contribution in [-0.4, -0.2) is 11.0 Å². The lowest BCUT2D eigenvalue weighted by atomic mass is 10.2. The number of aliphatic hydroxyl groups is 1. The first-order valence-corrected chi connectivity index (χ1v) is 7.23. The zero-order valence-corrected chi connectivity index (χ0v) is 12.5. The lowest BCUT2D eigenvalue weighted by molar-refractivity contribution is -0.114. The van der Waals surface area contributed by atoms with Crippen molar-refractivity contribution < 1.29 is 9.90 Å². The molecule has 2 N–H and O–H groups in total. The van der Waals surface area contributed by atoms with Crippen LogP contribution in [0.2, 0.25) is 5.02 Å². The van der Waals surface area contributed by atoms with Crippen molar-refractivity contribution in [1.82, 2.24) is 0 Å². The van der Waals surface area contributed by atoms with Crippen molar-refractivity contribution in [1.29, 1.82) is 0 Å². The summed E-state index contributed by atoms with van der Waals surface area (Å²) in [6.45, 7) is 1.42. The van der Waals surface area contributed by atoms with Gasteiger partial charge in [-0.1, -0.05) is 35.5 Å². The van der Waals surface area contributed by atoms with Crippen LogP contribution in [0.4, 0.5) is 5.69 Å². The number of rotatable bonds is 4. The zero-order valence-electron chi connectivity index (χ0n) is 10.9. The minimum Gasteiger partial charge on any atom is -0.392 e. The molecule has 0 spiro atoms. The molecule has 2 aromatic carbocycles. The quantitative estimate of drug-likeness (QED) is 0.899. The van der Waals surface area contributed by atoms with Gasteiger partial charge in [-0.3, -0.25) is 4.79 Å². The maximum absolute atomic E-state index is 11.0. The smallest absolute Gasteiger partial charge is 0.221 e. The monoisotopic (exact) mass is 307 g/mol. The molecule has 3 nitrogen and oxygen atoms in total. The Bertz CT molecular complexity index is 614. The standard InChI is InChI=1S/C15H14ClNO2S/c1-10(19)17-12-5-7-13(8-6-12)20-15-11(9-18)3-2-4-14(15)16/h2-8,18H,9H2,1H3,(H,17,19). The van der Waals surface area contributed by atoms with Gasteiger partial charge >= 0.3 is 0 Å². The fourth-order valence-electron chi connectivity index (χ4n) is 1.72. The summed E-state index contributed by atoms with van der Waals surface area (Å²) >= 11 is 7.66. The Hall–Kier alpha value is -1.49. The Kier molecular flexibility index (Phi) is 5.06. The summed E-state index contributed by atoms with van der Waals surface area (Å²) in [4.78, 5) is 12.8. The second kappa shape index (κ2) is 6.79. The predicted octanol–water partition coefficient (Wildman–Crippen LogP) is 3.94. The summed E-state index contributed by atoms with van der Waals surface area (Å²) in [7, 11) is 0. The van der Waals surface area contributed by atoms with Gasteiger partial charge in [-0.2, -0.15) is 0 Å². The summed E-state index contributed by atoms with van der Waals surface area (Å²) < 4.78 is 0. The highest BCUT2D eigenvalue weighted by Crippen LogP contribution is 2.36. The fraction of sp³-hybridized carbons (Fsp3) is 0.133. The van der Waals surface area contributed by atoms with E-state index in [1.165, 1.54) is 18.7 Å². The molecule has 0 unspecified atom stereocenters. The van der Waals surface area contributed by atoms with E-state index >= 15 is 0 Å². The number of benzene rings is 2. The Morgan fingerprint density at radius 1 is 1.25 bits per heavy atom. The molecule has 0 atom stereocenters. The van der Waals surface area contributed by atoms with Gasteiger partial charge in [-0.05, 0) is 35.9 Å². The number of aliphatic hydroxyl groups excluding tert-OH is 1. The van der Waals surface area contributed by atoms with Crippen molar-refractivity contribution in [2.24, 2.45) is 0 Å². The topological polar surface area (TPSA) is 49.3 Å². The Balaban J connectivity index is 2.20. The van der Waals surface area contributed by atoms with Crippen LogP contribution in [-0.2, 0) is 11.4 Å². The molecule has 2 aromatic rings. The molecule has 0 aromatic heterocycles. The molecule has 0 radical (unpaired) electrons. The van der Waals surface area contributed by atoms with Crippen molar-refractivity contribution in [2.45, 2.75) is 23.3 Å². The molecule has 0 fully saturated rings. The van der Waals surface area contributed by atoms with Crippen molar-refractivity contribution >= 4 is 35.0 Å². The largest absolute Gasteiger partial charge is 0.392 e. The van der Waals surface area contributed by atoms with Crippen LogP contribution in [0.15, 0.2) is 52.3 Å². The van der Waals surface area contributed by atoms with E-state index in [-0.39, 0.29) is 12.5 Å². The second-order valence-corrected chi connectivity index (χ2v) is 5.68. The lowest BCUT2D eigenvalue weighted by Crippen LogP contribution is -2.05. The molecule has 20 heavy (non-hydrogen) atoms. The number of hydrogen-bond acceptors (Lipinski definition) is 3. The van der Waals surface area contributed by atoms with Crippen LogP contribution in [0.3, 0.4) is 0 Å². The van der Waals surface area contributed by atoms with Gasteiger partial charge in [0.15, 0.2) is 0 Å². The number of carbonyl (C=O) groups is 1. The number of nitrogens with one attached hydrogen (secondary N) is 1. The van der Waals surface area contributed by atoms with Crippen molar-refractivity contribution in [3.63, 3.8) is 0 Å². The molecule has 0 heterocycles. The number of hydrogen-bond donors (Lipinski definition) is 2. The van der Waals surface area contributed by atoms with E-state index in [1.807, 2.05) is 36.4 Å². The van der Waals surface area contributed by atoms with Crippen molar-refractivity contribution in [2.75, 3.05) is 5.32 Å². The van der Waals surface area contributed by atoms with E-state index in [4.69, 9.17) is 11.6 Å². The van der Waals surface area contributed by atoms with Crippen LogP contribution in [0.1, 0.15) is 12.5 Å². The van der Waals surface area contributed by atoms with E-state index in [9.17, 15) is 9.90 Å². The van der Waals surface area contributed by atoms with Crippen LogP contribution in [0.25, 0.3) is 0 Å². The maximum Gasteiger partial charge on any atom is 0.221 e.